The fourth-order valence-corrected chi connectivity index (χ4v) is 1.75. The molecule has 2 heterocycles. The first-order chi connectivity index (χ1) is 8.65. The van der Waals surface area contributed by atoms with Crippen LogP contribution in [0.4, 0.5) is 0 Å². The van der Waals surface area contributed by atoms with Crippen LogP contribution in [0.1, 0.15) is 18.9 Å². The maximum absolute atomic E-state index is 10.9. The van der Waals surface area contributed by atoms with Crippen molar-refractivity contribution in [2.45, 2.75) is 25.9 Å². The van der Waals surface area contributed by atoms with Crippen molar-refractivity contribution in [3.05, 3.63) is 23.0 Å². The first-order valence-corrected chi connectivity index (χ1v) is 6.28. The summed E-state index contributed by atoms with van der Waals surface area (Å²) in [5.74, 6) is 0.574. The largest absolute Gasteiger partial charge is 0.490 e. The summed E-state index contributed by atoms with van der Waals surface area (Å²) in [5.41, 5.74) is 0.755. The standard InChI is InChI=1S/C12H16ClN3O2/c1-8(17)15-5-9-4-11(6-16-12(9)13)18-7-10-2-3-14-10/h4,6,10,14H,2-3,5,7H2,1H3,(H,15,17). The lowest BCUT2D eigenvalue weighted by molar-refractivity contribution is -0.119. The van der Waals surface area contributed by atoms with Gasteiger partial charge < -0.3 is 15.4 Å². The minimum Gasteiger partial charge on any atom is -0.490 e. The molecule has 0 bridgehead atoms. The van der Waals surface area contributed by atoms with Gasteiger partial charge in [-0.15, -0.1) is 0 Å². The molecule has 1 aromatic heterocycles. The SMILES string of the molecule is CC(=O)NCc1cc(OCC2CCN2)cnc1Cl. The Morgan fingerprint density at radius 1 is 1.72 bits per heavy atom. The molecule has 0 aromatic carbocycles. The van der Waals surface area contributed by atoms with Crippen molar-refractivity contribution in [1.29, 1.82) is 0 Å². The molecule has 2 N–H and O–H groups in total. The number of hydrogen-bond acceptors (Lipinski definition) is 4. The van der Waals surface area contributed by atoms with Gasteiger partial charge >= 0.3 is 0 Å². The van der Waals surface area contributed by atoms with E-state index >= 15 is 0 Å². The molecule has 0 saturated carbocycles. The molecule has 1 unspecified atom stereocenters. The monoisotopic (exact) mass is 269 g/mol. The van der Waals surface area contributed by atoms with Crippen molar-refractivity contribution >= 4 is 17.5 Å². The number of hydrogen-bond donors (Lipinski definition) is 2. The van der Waals surface area contributed by atoms with Gasteiger partial charge in [0, 0.05) is 25.1 Å². The second kappa shape index (κ2) is 6.02. The summed E-state index contributed by atoms with van der Waals surface area (Å²) in [6, 6.07) is 2.24. The fourth-order valence-electron chi connectivity index (χ4n) is 1.58. The van der Waals surface area contributed by atoms with Crippen molar-refractivity contribution in [2.24, 2.45) is 0 Å². The van der Waals surface area contributed by atoms with E-state index in [9.17, 15) is 4.79 Å². The number of nitrogens with zero attached hydrogens (tertiary/aromatic N) is 1. The third-order valence-corrected chi connectivity index (χ3v) is 3.13. The topological polar surface area (TPSA) is 63.2 Å². The predicted molar refractivity (Wildman–Crippen MR) is 68.7 cm³/mol. The molecule has 0 spiro atoms. The van der Waals surface area contributed by atoms with Gasteiger partial charge in [-0.05, 0) is 19.0 Å². The van der Waals surface area contributed by atoms with E-state index in [2.05, 4.69) is 15.6 Å². The summed E-state index contributed by atoms with van der Waals surface area (Å²) in [4.78, 5) is 14.9. The van der Waals surface area contributed by atoms with Crippen LogP contribution < -0.4 is 15.4 Å². The zero-order valence-electron chi connectivity index (χ0n) is 10.2. The second-order valence-corrected chi connectivity index (χ2v) is 4.64. The molecular weight excluding hydrogens is 254 g/mol. The van der Waals surface area contributed by atoms with Crippen LogP contribution in [0.5, 0.6) is 5.75 Å². The van der Waals surface area contributed by atoms with E-state index in [1.807, 2.05) is 6.07 Å². The van der Waals surface area contributed by atoms with Gasteiger partial charge in [0.2, 0.25) is 5.91 Å². The molecule has 1 amide bonds. The number of nitrogens with one attached hydrogen (secondary N) is 2. The summed E-state index contributed by atoms with van der Waals surface area (Å²) in [7, 11) is 0. The molecule has 1 saturated heterocycles. The highest BCUT2D eigenvalue weighted by Crippen LogP contribution is 2.19. The Bertz CT molecular complexity index is 435. The fraction of sp³-hybridized carbons (Fsp3) is 0.500. The van der Waals surface area contributed by atoms with E-state index in [4.69, 9.17) is 16.3 Å². The molecule has 18 heavy (non-hydrogen) atoms. The lowest BCUT2D eigenvalue weighted by Gasteiger charge is -2.27. The van der Waals surface area contributed by atoms with Gasteiger partial charge in [0.25, 0.3) is 0 Å². The number of carbonyl (C=O) groups is 1. The molecule has 1 atom stereocenters. The highest BCUT2D eigenvalue weighted by Gasteiger charge is 2.16. The summed E-state index contributed by atoms with van der Waals surface area (Å²) in [6.07, 6.45) is 2.73. The Hall–Kier alpha value is -1.33. The van der Waals surface area contributed by atoms with Crippen LogP contribution in [0, 0.1) is 0 Å². The van der Waals surface area contributed by atoms with E-state index in [0.29, 0.717) is 30.1 Å². The third kappa shape index (κ3) is 3.58. The Labute approximate surface area is 111 Å². The number of ether oxygens (including phenoxy) is 1. The number of aromatic nitrogens is 1. The van der Waals surface area contributed by atoms with Crippen molar-refractivity contribution in [3.63, 3.8) is 0 Å². The van der Waals surface area contributed by atoms with E-state index in [1.165, 1.54) is 6.92 Å². The molecule has 98 valence electrons. The third-order valence-electron chi connectivity index (χ3n) is 2.79. The highest BCUT2D eigenvalue weighted by molar-refractivity contribution is 6.30. The van der Waals surface area contributed by atoms with Gasteiger partial charge in [0.15, 0.2) is 0 Å². The zero-order valence-corrected chi connectivity index (χ0v) is 11.0. The van der Waals surface area contributed by atoms with Crippen LogP contribution >= 0.6 is 11.6 Å². The molecule has 6 heteroatoms. The summed E-state index contributed by atoms with van der Waals surface area (Å²) in [5, 5.41) is 6.33. The van der Waals surface area contributed by atoms with Crippen molar-refractivity contribution < 1.29 is 9.53 Å². The Morgan fingerprint density at radius 3 is 3.11 bits per heavy atom. The number of pyridine rings is 1. The summed E-state index contributed by atoms with van der Waals surface area (Å²) in [6.45, 7) is 3.51. The average Bonchev–Trinajstić information content (AvgIpc) is 2.27. The van der Waals surface area contributed by atoms with E-state index in [0.717, 1.165) is 18.5 Å². The summed E-state index contributed by atoms with van der Waals surface area (Å²) < 4.78 is 5.62. The molecule has 2 rings (SSSR count). The molecule has 1 aromatic rings. The molecule has 0 radical (unpaired) electrons. The average molecular weight is 270 g/mol. The minimum absolute atomic E-state index is 0.101. The number of amides is 1. The Balaban J connectivity index is 1.93. The van der Waals surface area contributed by atoms with E-state index in [1.54, 1.807) is 6.20 Å². The van der Waals surface area contributed by atoms with Crippen LogP contribution in [0.25, 0.3) is 0 Å². The van der Waals surface area contributed by atoms with Crippen LogP contribution in [0.15, 0.2) is 12.3 Å². The van der Waals surface area contributed by atoms with Crippen LogP contribution in [0.3, 0.4) is 0 Å². The van der Waals surface area contributed by atoms with E-state index in [-0.39, 0.29) is 5.91 Å². The number of carbonyl (C=O) groups excluding carboxylic acids is 1. The lowest BCUT2D eigenvalue weighted by Crippen LogP contribution is -2.46. The minimum atomic E-state index is -0.101. The van der Waals surface area contributed by atoms with Crippen LogP contribution in [-0.2, 0) is 11.3 Å². The summed E-state index contributed by atoms with van der Waals surface area (Å²) >= 11 is 5.95. The molecule has 5 nitrogen and oxygen atoms in total. The van der Waals surface area contributed by atoms with Gasteiger partial charge in [0.1, 0.15) is 17.5 Å². The Morgan fingerprint density at radius 2 is 2.50 bits per heavy atom. The maximum Gasteiger partial charge on any atom is 0.217 e. The first-order valence-electron chi connectivity index (χ1n) is 5.90. The second-order valence-electron chi connectivity index (χ2n) is 4.28. The molecule has 0 aliphatic carbocycles. The van der Waals surface area contributed by atoms with Gasteiger partial charge in [-0.3, -0.25) is 4.79 Å². The molecule has 1 aliphatic rings. The Kier molecular flexibility index (Phi) is 4.38. The van der Waals surface area contributed by atoms with Gasteiger partial charge in [-0.1, -0.05) is 11.6 Å². The van der Waals surface area contributed by atoms with Gasteiger partial charge in [0.05, 0.1) is 6.20 Å². The van der Waals surface area contributed by atoms with E-state index < -0.39 is 0 Å². The molecule has 1 aliphatic heterocycles. The predicted octanol–water partition coefficient (Wildman–Crippen LogP) is 1.11. The van der Waals surface area contributed by atoms with Crippen LogP contribution in [0.2, 0.25) is 5.15 Å². The number of rotatable bonds is 5. The van der Waals surface area contributed by atoms with Crippen molar-refractivity contribution in [1.82, 2.24) is 15.6 Å². The zero-order chi connectivity index (χ0) is 13.0. The van der Waals surface area contributed by atoms with Gasteiger partial charge in [-0.25, -0.2) is 4.98 Å². The quantitative estimate of drug-likeness (QED) is 0.786. The molecule has 1 fully saturated rings. The van der Waals surface area contributed by atoms with Crippen LogP contribution in [-0.4, -0.2) is 30.1 Å². The molecular formula is C12H16ClN3O2. The smallest absolute Gasteiger partial charge is 0.217 e. The number of halogens is 1. The maximum atomic E-state index is 10.9. The highest BCUT2D eigenvalue weighted by atomic mass is 35.5. The lowest BCUT2D eigenvalue weighted by atomic mass is 10.1. The van der Waals surface area contributed by atoms with Crippen molar-refractivity contribution in [2.75, 3.05) is 13.2 Å². The first kappa shape index (κ1) is 13.1. The van der Waals surface area contributed by atoms with Gasteiger partial charge in [-0.2, -0.15) is 0 Å². The normalized spacial score (nSPS) is 18.0. The van der Waals surface area contributed by atoms with Crippen molar-refractivity contribution in [3.8, 4) is 5.75 Å².